The number of hydrogen-bond acceptors (Lipinski definition) is 7. The van der Waals surface area contributed by atoms with Crippen LogP contribution in [0.2, 0.25) is 0 Å². The van der Waals surface area contributed by atoms with Gasteiger partial charge in [-0.05, 0) is 28.7 Å². The van der Waals surface area contributed by atoms with Gasteiger partial charge in [-0.2, -0.15) is 0 Å². The van der Waals surface area contributed by atoms with Crippen LogP contribution >= 0.6 is 0 Å². The van der Waals surface area contributed by atoms with Gasteiger partial charge in [-0.3, -0.25) is 14.6 Å². The first kappa shape index (κ1) is 25.0. The molecule has 2 aromatic carbocycles. The van der Waals surface area contributed by atoms with Crippen LogP contribution in [-0.4, -0.2) is 55.0 Å². The van der Waals surface area contributed by atoms with Crippen LogP contribution in [0.1, 0.15) is 36.8 Å². The second-order valence-corrected chi connectivity index (χ2v) is 7.92. The number of fused-ring (bicyclic) bond motifs is 3. The molecule has 0 bridgehead atoms. The van der Waals surface area contributed by atoms with Crippen molar-refractivity contribution in [2.75, 3.05) is 19.8 Å². The summed E-state index contributed by atoms with van der Waals surface area (Å²) in [6, 6.07) is 15.0. The first-order valence-electron chi connectivity index (χ1n) is 11.2. The smallest absolute Gasteiger partial charge is 0.325 e. The number of benzene rings is 2. The van der Waals surface area contributed by atoms with Gasteiger partial charge in [0.1, 0.15) is 19.2 Å². The van der Waals surface area contributed by atoms with E-state index in [1.54, 1.807) is 0 Å². The Bertz CT molecular complexity index is 1010. The zero-order valence-electron chi connectivity index (χ0n) is 19.1. The first-order chi connectivity index (χ1) is 16.5. The van der Waals surface area contributed by atoms with E-state index in [4.69, 9.17) is 9.47 Å². The van der Waals surface area contributed by atoms with E-state index >= 15 is 0 Å². The number of amides is 1. The summed E-state index contributed by atoms with van der Waals surface area (Å²) in [4.78, 5) is 27.7. The van der Waals surface area contributed by atoms with Gasteiger partial charge in [-0.15, -0.1) is 0 Å². The average Bonchev–Trinajstić information content (AvgIpc) is 3.17. The summed E-state index contributed by atoms with van der Waals surface area (Å²) < 4.78 is 10.2. The van der Waals surface area contributed by atoms with Crippen molar-refractivity contribution in [2.45, 2.75) is 37.8 Å². The van der Waals surface area contributed by atoms with E-state index in [2.05, 4.69) is 16.9 Å². The van der Waals surface area contributed by atoms with Gasteiger partial charge in [-0.25, -0.2) is 0 Å². The van der Waals surface area contributed by atoms with E-state index < -0.39 is 36.7 Å². The van der Waals surface area contributed by atoms with E-state index in [-0.39, 0.29) is 19.1 Å². The molecule has 2 N–H and O–H groups in total. The molecule has 8 nitrogen and oxygen atoms in total. The largest absolute Gasteiger partial charge is 0.599 e. The number of nitrogens with one attached hydrogen (secondary N) is 1. The van der Waals surface area contributed by atoms with Gasteiger partial charge in [-0.1, -0.05) is 74.5 Å². The van der Waals surface area contributed by atoms with Crippen molar-refractivity contribution in [1.29, 1.82) is 0 Å². The number of nitrogens with zero attached hydrogens (tertiary/aromatic N) is 1. The molecular formula is C26H29N2O6-. The number of carbonyl (C=O) groups is 2. The van der Waals surface area contributed by atoms with Crippen LogP contribution in [0.25, 0.3) is 11.1 Å². The molecule has 0 aromatic heterocycles. The zero-order chi connectivity index (χ0) is 24.5. The molecule has 3 rings (SSSR count). The summed E-state index contributed by atoms with van der Waals surface area (Å²) in [5, 5.41) is 25.2. The molecule has 1 aliphatic carbocycles. The van der Waals surface area contributed by atoms with E-state index in [0.29, 0.717) is 12.8 Å². The summed E-state index contributed by atoms with van der Waals surface area (Å²) in [6.07, 6.45) is -0.180. The SMILES string of the molecule is C=CCOC(=O)CNC(=O)C(O)C(CCC)N=C([O-])OCC1c2ccccc2-c2ccccc21. The number of hydrogen-bond donors (Lipinski definition) is 2. The molecule has 180 valence electrons. The molecule has 0 radical (unpaired) electrons. The lowest BCUT2D eigenvalue weighted by atomic mass is 9.98. The summed E-state index contributed by atoms with van der Waals surface area (Å²) >= 11 is 0. The molecule has 2 atom stereocenters. The van der Waals surface area contributed by atoms with Crippen LogP contribution in [0.4, 0.5) is 0 Å². The molecule has 0 heterocycles. The molecule has 8 heteroatoms. The minimum atomic E-state index is -1.60. The minimum absolute atomic E-state index is 0.0207. The quantitative estimate of drug-likeness (QED) is 0.226. The van der Waals surface area contributed by atoms with Crippen LogP contribution in [-0.2, 0) is 19.1 Å². The lowest BCUT2D eigenvalue weighted by Gasteiger charge is -2.24. The van der Waals surface area contributed by atoms with Crippen molar-refractivity contribution in [1.82, 2.24) is 5.32 Å². The van der Waals surface area contributed by atoms with Crippen molar-refractivity contribution in [3.05, 3.63) is 72.3 Å². The number of aliphatic hydroxyl groups excluding tert-OH is 1. The highest BCUT2D eigenvalue weighted by Crippen LogP contribution is 2.44. The Morgan fingerprint density at radius 3 is 2.35 bits per heavy atom. The van der Waals surface area contributed by atoms with Gasteiger partial charge in [0.15, 0.2) is 6.10 Å². The van der Waals surface area contributed by atoms with Crippen molar-refractivity contribution in [2.24, 2.45) is 4.99 Å². The lowest BCUT2D eigenvalue weighted by molar-refractivity contribution is -0.251. The van der Waals surface area contributed by atoms with Crippen LogP contribution in [0, 0.1) is 0 Å². The fraction of sp³-hybridized carbons (Fsp3) is 0.346. The topological polar surface area (TPSA) is 120 Å². The van der Waals surface area contributed by atoms with Gasteiger partial charge >= 0.3 is 5.97 Å². The Kier molecular flexibility index (Phi) is 8.81. The monoisotopic (exact) mass is 465 g/mol. The maximum absolute atomic E-state index is 12.5. The van der Waals surface area contributed by atoms with E-state index in [1.807, 2.05) is 55.5 Å². The molecule has 34 heavy (non-hydrogen) atoms. The second kappa shape index (κ2) is 12.0. The third-order valence-corrected chi connectivity index (χ3v) is 5.59. The maximum Gasteiger partial charge on any atom is 0.325 e. The molecule has 2 unspecified atom stereocenters. The van der Waals surface area contributed by atoms with E-state index in [0.717, 1.165) is 22.3 Å². The van der Waals surface area contributed by atoms with Crippen molar-refractivity contribution in [3.63, 3.8) is 0 Å². The molecule has 1 aliphatic rings. The van der Waals surface area contributed by atoms with Crippen molar-refractivity contribution < 1.29 is 29.3 Å². The van der Waals surface area contributed by atoms with Crippen LogP contribution in [0.15, 0.2) is 66.2 Å². The Balaban J connectivity index is 1.64. The fourth-order valence-electron chi connectivity index (χ4n) is 4.00. The van der Waals surface area contributed by atoms with Gasteiger partial charge in [0.05, 0.1) is 6.04 Å². The van der Waals surface area contributed by atoms with Gasteiger partial charge < -0.3 is 25.0 Å². The zero-order valence-corrected chi connectivity index (χ0v) is 19.1. The van der Waals surface area contributed by atoms with E-state index in [9.17, 15) is 19.8 Å². The summed E-state index contributed by atoms with van der Waals surface area (Å²) in [7, 11) is 0. The van der Waals surface area contributed by atoms with Gasteiger partial charge in [0.2, 0.25) is 0 Å². The van der Waals surface area contributed by atoms with E-state index in [1.165, 1.54) is 6.08 Å². The Labute approximate surface area is 198 Å². The number of esters is 1. The number of aliphatic hydroxyl groups is 1. The predicted molar refractivity (Wildman–Crippen MR) is 126 cm³/mol. The van der Waals surface area contributed by atoms with Crippen LogP contribution < -0.4 is 10.4 Å². The second-order valence-electron chi connectivity index (χ2n) is 7.92. The molecule has 0 aliphatic heterocycles. The molecule has 2 aromatic rings. The number of carbonyl (C=O) groups excluding carboxylic acids is 2. The molecular weight excluding hydrogens is 436 g/mol. The Morgan fingerprint density at radius 1 is 1.15 bits per heavy atom. The van der Waals surface area contributed by atoms with Crippen LogP contribution in [0.3, 0.4) is 0 Å². The Hall–Kier alpha value is -3.65. The van der Waals surface area contributed by atoms with Crippen LogP contribution in [0.5, 0.6) is 0 Å². The molecule has 0 spiro atoms. The Morgan fingerprint density at radius 2 is 1.76 bits per heavy atom. The number of ether oxygens (including phenoxy) is 2. The third kappa shape index (κ3) is 6.02. The average molecular weight is 466 g/mol. The number of aliphatic imine (C=N–C) groups is 1. The fourth-order valence-corrected chi connectivity index (χ4v) is 4.00. The highest BCUT2D eigenvalue weighted by Gasteiger charge is 2.28. The van der Waals surface area contributed by atoms with Crippen molar-refractivity contribution in [3.8, 4) is 11.1 Å². The molecule has 0 fully saturated rings. The van der Waals surface area contributed by atoms with Gasteiger partial charge in [0.25, 0.3) is 5.91 Å². The summed E-state index contributed by atoms with van der Waals surface area (Å²) in [5.41, 5.74) is 4.37. The first-order valence-corrected chi connectivity index (χ1v) is 11.2. The molecule has 1 amide bonds. The summed E-state index contributed by atoms with van der Waals surface area (Å²) in [6.45, 7) is 4.98. The lowest BCUT2D eigenvalue weighted by Crippen LogP contribution is -2.44. The number of rotatable bonds is 11. The highest BCUT2D eigenvalue weighted by atomic mass is 16.6. The van der Waals surface area contributed by atoms with Crippen molar-refractivity contribution >= 4 is 18.0 Å². The molecule has 0 saturated carbocycles. The minimum Gasteiger partial charge on any atom is -0.599 e. The van der Waals surface area contributed by atoms with Gasteiger partial charge in [0, 0.05) is 12.5 Å². The standard InChI is InChI=1S/C26H30N2O6/c1-3-9-22(24(30)25(31)27-15-23(29)33-14-4-2)28-26(32)34-16-21-19-12-7-5-10-17(19)18-11-6-8-13-20(18)21/h4-8,10-13,21-22,24,30H,2-3,9,14-16H2,1H3,(H,27,31)(H,28,32)/p-1. The predicted octanol–water partition coefficient (Wildman–Crippen LogP) is 1.91. The normalized spacial score (nSPS) is 14.5. The summed E-state index contributed by atoms with van der Waals surface area (Å²) in [5.74, 6) is -1.60. The third-order valence-electron chi connectivity index (χ3n) is 5.59. The maximum atomic E-state index is 12.5. The highest BCUT2D eigenvalue weighted by molar-refractivity contribution is 5.85. The molecule has 0 saturated heterocycles.